The van der Waals surface area contributed by atoms with Gasteiger partial charge < -0.3 is 25.6 Å². The predicted molar refractivity (Wildman–Crippen MR) is 102 cm³/mol. The van der Waals surface area contributed by atoms with Crippen LogP contribution in [-0.4, -0.2) is 44.1 Å². The van der Waals surface area contributed by atoms with Gasteiger partial charge in [0.15, 0.2) is 0 Å². The Morgan fingerprint density at radius 2 is 1.88 bits per heavy atom. The molecule has 2 aromatic rings. The standard InChI is InChI=1S/C19H24N4O2/c1-14(24)22-8-10-23(11-9-22)16-5-3-4-15(12-16)21-19-7-6-17(25-2)13-18(19)20/h3-7,12-13,21H,8-11,20H2,1-2H3. The number of ether oxygens (including phenoxy) is 1. The molecule has 3 N–H and O–H groups in total. The molecule has 0 spiro atoms. The van der Waals surface area contributed by atoms with Crippen molar-refractivity contribution in [1.82, 2.24) is 4.90 Å². The lowest BCUT2D eigenvalue weighted by molar-refractivity contribution is -0.129. The molecule has 0 radical (unpaired) electrons. The van der Waals surface area contributed by atoms with E-state index in [-0.39, 0.29) is 5.91 Å². The molecule has 0 aromatic heterocycles. The first-order chi connectivity index (χ1) is 12.1. The summed E-state index contributed by atoms with van der Waals surface area (Å²) in [6.45, 7) is 4.83. The van der Waals surface area contributed by atoms with Crippen molar-refractivity contribution >= 4 is 28.7 Å². The van der Waals surface area contributed by atoms with Crippen LogP contribution in [0.1, 0.15) is 6.92 Å². The van der Waals surface area contributed by atoms with Crippen molar-refractivity contribution in [3.05, 3.63) is 42.5 Å². The molecular formula is C19H24N4O2. The number of carbonyl (C=O) groups is 1. The molecule has 1 amide bonds. The van der Waals surface area contributed by atoms with E-state index in [0.29, 0.717) is 5.69 Å². The van der Waals surface area contributed by atoms with Gasteiger partial charge in [0, 0.05) is 50.5 Å². The molecule has 0 atom stereocenters. The normalized spacial score (nSPS) is 14.3. The van der Waals surface area contributed by atoms with Gasteiger partial charge >= 0.3 is 0 Å². The summed E-state index contributed by atoms with van der Waals surface area (Å²) in [6, 6.07) is 13.8. The van der Waals surface area contributed by atoms with Crippen molar-refractivity contribution in [3.63, 3.8) is 0 Å². The number of nitrogens with two attached hydrogens (primary N) is 1. The Hall–Kier alpha value is -2.89. The molecule has 1 heterocycles. The van der Waals surface area contributed by atoms with Gasteiger partial charge in [-0.3, -0.25) is 4.79 Å². The molecule has 1 saturated heterocycles. The van der Waals surface area contributed by atoms with E-state index in [2.05, 4.69) is 22.3 Å². The van der Waals surface area contributed by atoms with E-state index >= 15 is 0 Å². The number of nitrogens with one attached hydrogen (secondary N) is 1. The van der Waals surface area contributed by atoms with Crippen molar-refractivity contribution < 1.29 is 9.53 Å². The monoisotopic (exact) mass is 340 g/mol. The molecular weight excluding hydrogens is 316 g/mol. The number of rotatable bonds is 4. The average Bonchev–Trinajstić information content (AvgIpc) is 2.63. The number of amides is 1. The third-order valence-electron chi connectivity index (χ3n) is 4.47. The maximum Gasteiger partial charge on any atom is 0.219 e. The summed E-state index contributed by atoms with van der Waals surface area (Å²) in [4.78, 5) is 15.6. The maximum atomic E-state index is 11.5. The van der Waals surface area contributed by atoms with Gasteiger partial charge in [0.05, 0.1) is 18.5 Å². The van der Waals surface area contributed by atoms with Gasteiger partial charge in [0.1, 0.15) is 5.75 Å². The molecule has 0 bridgehead atoms. The molecule has 2 aromatic carbocycles. The Morgan fingerprint density at radius 1 is 1.12 bits per heavy atom. The van der Waals surface area contributed by atoms with Crippen LogP contribution in [0.2, 0.25) is 0 Å². The number of nitrogen functional groups attached to an aromatic ring is 1. The van der Waals surface area contributed by atoms with Gasteiger partial charge in [-0.05, 0) is 30.3 Å². The molecule has 3 rings (SSSR count). The first-order valence-electron chi connectivity index (χ1n) is 8.38. The number of hydrogen-bond donors (Lipinski definition) is 2. The van der Waals surface area contributed by atoms with Crippen LogP contribution in [0.5, 0.6) is 5.75 Å². The van der Waals surface area contributed by atoms with Crippen molar-refractivity contribution in [2.24, 2.45) is 0 Å². The van der Waals surface area contributed by atoms with Crippen LogP contribution in [0.25, 0.3) is 0 Å². The summed E-state index contributed by atoms with van der Waals surface area (Å²) < 4.78 is 5.18. The smallest absolute Gasteiger partial charge is 0.219 e. The lowest BCUT2D eigenvalue weighted by Gasteiger charge is -2.35. The summed E-state index contributed by atoms with van der Waals surface area (Å²) in [5.74, 6) is 0.880. The van der Waals surface area contributed by atoms with Crippen molar-refractivity contribution in [2.75, 3.05) is 49.2 Å². The Labute approximate surface area is 148 Å². The van der Waals surface area contributed by atoms with Gasteiger partial charge in [0.2, 0.25) is 5.91 Å². The number of carbonyl (C=O) groups excluding carboxylic acids is 1. The summed E-state index contributed by atoms with van der Waals surface area (Å²) in [7, 11) is 1.62. The summed E-state index contributed by atoms with van der Waals surface area (Å²) in [5.41, 5.74) is 9.68. The lowest BCUT2D eigenvalue weighted by Crippen LogP contribution is -2.48. The van der Waals surface area contributed by atoms with E-state index < -0.39 is 0 Å². The fourth-order valence-corrected chi connectivity index (χ4v) is 3.00. The van der Waals surface area contributed by atoms with Crippen LogP contribution in [0.15, 0.2) is 42.5 Å². The molecule has 0 saturated carbocycles. The molecule has 6 heteroatoms. The largest absolute Gasteiger partial charge is 0.497 e. The summed E-state index contributed by atoms with van der Waals surface area (Å²) in [6.07, 6.45) is 0. The third kappa shape index (κ3) is 3.96. The molecule has 132 valence electrons. The number of benzene rings is 2. The van der Waals surface area contributed by atoms with E-state index in [1.165, 1.54) is 0 Å². The molecule has 0 aliphatic carbocycles. The van der Waals surface area contributed by atoms with Gasteiger partial charge in [-0.2, -0.15) is 0 Å². The number of nitrogens with zero attached hydrogens (tertiary/aromatic N) is 2. The minimum absolute atomic E-state index is 0.144. The second kappa shape index (κ2) is 7.34. The first-order valence-corrected chi connectivity index (χ1v) is 8.38. The molecule has 1 fully saturated rings. The van der Waals surface area contributed by atoms with Gasteiger partial charge in [0.25, 0.3) is 0 Å². The first kappa shape index (κ1) is 17.0. The van der Waals surface area contributed by atoms with Crippen LogP contribution in [0, 0.1) is 0 Å². The van der Waals surface area contributed by atoms with Crippen molar-refractivity contribution in [2.45, 2.75) is 6.92 Å². The molecule has 6 nitrogen and oxygen atoms in total. The highest BCUT2D eigenvalue weighted by molar-refractivity contribution is 5.76. The van der Waals surface area contributed by atoms with Crippen molar-refractivity contribution in [1.29, 1.82) is 0 Å². The maximum absolute atomic E-state index is 11.5. The second-order valence-corrected chi connectivity index (χ2v) is 6.12. The molecule has 1 aliphatic heterocycles. The SMILES string of the molecule is COc1ccc(Nc2cccc(N3CCN(C(C)=O)CC3)c2)c(N)c1. The van der Waals surface area contributed by atoms with E-state index in [9.17, 15) is 4.79 Å². The Kier molecular flexibility index (Phi) is 4.97. The molecule has 1 aliphatic rings. The number of methoxy groups -OCH3 is 1. The van der Waals surface area contributed by atoms with E-state index in [0.717, 1.165) is 49.0 Å². The topological polar surface area (TPSA) is 70.8 Å². The van der Waals surface area contributed by atoms with Crippen LogP contribution in [0.4, 0.5) is 22.7 Å². The fourth-order valence-electron chi connectivity index (χ4n) is 3.00. The summed E-state index contributed by atoms with van der Waals surface area (Å²) >= 11 is 0. The molecule has 0 unspecified atom stereocenters. The summed E-state index contributed by atoms with van der Waals surface area (Å²) in [5, 5.41) is 3.36. The highest BCUT2D eigenvalue weighted by atomic mass is 16.5. The quantitative estimate of drug-likeness (QED) is 0.838. The minimum Gasteiger partial charge on any atom is -0.497 e. The van der Waals surface area contributed by atoms with E-state index in [4.69, 9.17) is 10.5 Å². The Bertz CT molecular complexity index is 755. The van der Waals surface area contributed by atoms with Gasteiger partial charge in [-0.25, -0.2) is 0 Å². The van der Waals surface area contributed by atoms with E-state index in [1.807, 2.05) is 29.2 Å². The zero-order chi connectivity index (χ0) is 17.8. The predicted octanol–water partition coefficient (Wildman–Crippen LogP) is 2.69. The highest BCUT2D eigenvalue weighted by Crippen LogP contribution is 2.29. The van der Waals surface area contributed by atoms with Crippen molar-refractivity contribution in [3.8, 4) is 5.75 Å². The van der Waals surface area contributed by atoms with Crippen LogP contribution >= 0.6 is 0 Å². The van der Waals surface area contributed by atoms with Gasteiger partial charge in [-0.1, -0.05) is 6.07 Å². The van der Waals surface area contributed by atoms with E-state index in [1.54, 1.807) is 20.1 Å². The number of hydrogen-bond acceptors (Lipinski definition) is 5. The fraction of sp³-hybridized carbons (Fsp3) is 0.316. The lowest BCUT2D eigenvalue weighted by atomic mass is 10.2. The Morgan fingerprint density at radius 3 is 2.52 bits per heavy atom. The van der Waals surface area contributed by atoms with Crippen LogP contribution < -0.4 is 20.7 Å². The number of anilines is 4. The highest BCUT2D eigenvalue weighted by Gasteiger charge is 2.18. The Balaban J connectivity index is 1.71. The van der Waals surface area contributed by atoms with Crippen LogP contribution in [0.3, 0.4) is 0 Å². The molecule has 25 heavy (non-hydrogen) atoms. The zero-order valence-electron chi connectivity index (χ0n) is 14.7. The number of piperazine rings is 1. The minimum atomic E-state index is 0.144. The second-order valence-electron chi connectivity index (χ2n) is 6.12. The van der Waals surface area contributed by atoms with Crippen LogP contribution in [-0.2, 0) is 4.79 Å². The zero-order valence-corrected chi connectivity index (χ0v) is 14.7. The third-order valence-corrected chi connectivity index (χ3v) is 4.47. The average molecular weight is 340 g/mol. The van der Waals surface area contributed by atoms with Gasteiger partial charge in [-0.15, -0.1) is 0 Å².